The molecule has 3 heterocycles. The third kappa shape index (κ3) is 4.46. The van der Waals surface area contributed by atoms with Crippen LogP contribution in [0.4, 0.5) is 0 Å². The van der Waals surface area contributed by atoms with E-state index < -0.39 is 11.5 Å². The summed E-state index contributed by atoms with van der Waals surface area (Å²) in [6.07, 6.45) is 1.19. The van der Waals surface area contributed by atoms with Crippen LogP contribution in [0.5, 0.6) is 0 Å². The molecule has 0 aliphatic carbocycles. The Morgan fingerprint density at radius 3 is 2.72 bits per heavy atom. The molecule has 8 nitrogen and oxygen atoms in total. The van der Waals surface area contributed by atoms with Crippen LogP contribution in [0.1, 0.15) is 39.5 Å². The van der Waals surface area contributed by atoms with Crippen LogP contribution in [-0.2, 0) is 16.0 Å². The maximum atomic E-state index is 10.3. The van der Waals surface area contributed by atoms with Gasteiger partial charge in [-0.15, -0.1) is 0 Å². The van der Waals surface area contributed by atoms with E-state index in [0.29, 0.717) is 18.7 Å². The lowest BCUT2D eigenvalue weighted by atomic mass is 10.2. The fourth-order valence-corrected chi connectivity index (χ4v) is 3.03. The van der Waals surface area contributed by atoms with Crippen LogP contribution < -0.4 is 11.1 Å². The normalized spacial score (nSPS) is 23.0. The molecule has 1 fully saturated rings. The van der Waals surface area contributed by atoms with Gasteiger partial charge in [-0.05, 0) is 38.4 Å². The average molecular weight is 370 g/mol. The predicted octanol–water partition coefficient (Wildman–Crippen LogP) is 1.51. The Morgan fingerprint density at radius 1 is 1.44 bits per heavy atom. The fraction of sp³-hybridized carbons (Fsp3) is 0.625. The second-order valence-electron chi connectivity index (χ2n) is 7.28. The van der Waals surface area contributed by atoms with Crippen molar-refractivity contribution in [2.24, 2.45) is 5.73 Å². The van der Waals surface area contributed by atoms with Crippen molar-refractivity contribution >= 4 is 22.6 Å². The van der Waals surface area contributed by atoms with Gasteiger partial charge in [0.2, 0.25) is 11.2 Å². The second-order valence-corrected chi connectivity index (χ2v) is 7.62. The smallest absolute Gasteiger partial charge is 0.224 e. The van der Waals surface area contributed by atoms with E-state index in [2.05, 4.69) is 15.3 Å². The van der Waals surface area contributed by atoms with Gasteiger partial charge < -0.3 is 24.9 Å². The highest BCUT2D eigenvalue weighted by Gasteiger charge is 2.39. The first-order valence-corrected chi connectivity index (χ1v) is 8.54. The molecule has 0 spiro atoms. The molecule has 0 radical (unpaired) electrons. The molecule has 2 aromatic heterocycles. The fourth-order valence-electron chi connectivity index (χ4n) is 2.90. The van der Waals surface area contributed by atoms with Crippen molar-refractivity contribution in [3.8, 4) is 0 Å². The molecule has 0 bridgehead atoms. The van der Waals surface area contributed by atoms with E-state index in [0.717, 1.165) is 11.1 Å². The van der Waals surface area contributed by atoms with Gasteiger partial charge in [-0.25, -0.2) is 4.98 Å². The van der Waals surface area contributed by atoms with E-state index in [1.165, 1.54) is 0 Å². The zero-order chi connectivity index (χ0) is 18.4. The van der Waals surface area contributed by atoms with Crippen molar-refractivity contribution in [3.63, 3.8) is 0 Å². The topological polar surface area (TPSA) is 111 Å². The molecule has 2 aromatic rings. The number of nitrogens with two attached hydrogens (primary N) is 1. The number of halogens is 1. The van der Waals surface area contributed by atoms with Gasteiger partial charge in [0.1, 0.15) is 18.0 Å². The van der Waals surface area contributed by atoms with E-state index in [9.17, 15) is 5.11 Å². The molecule has 138 valence electrons. The molecule has 1 saturated heterocycles. The molecular weight excluding hydrogens is 346 g/mol. The summed E-state index contributed by atoms with van der Waals surface area (Å²) >= 11 is 5.94. The molecule has 1 aliphatic rings. The first-order valence-electron chi connectivity index (χ1n) is 8.16. The zero-order valence-corrected chi connectivity index (χ0v) is 15.5. The van der Waals surface area contributed by atoms with E-state index in [-0.39, 0.29) is 17.6 Å². The molecule has 9 heteroatoms. The largest absolute Gasteiger partial charge is 0.353 e. The maximum absolute atomic E-state index is 10.3. The lowest BCUT2D eigenvalue weighted by Gasteiger charge is -2.32. The summed E-state index contributed by atoms with van der Waals surface area (Å²) < 4.78 is 13.0. The highest BCUT2D eigenvalue weighted by atomic mass is 35.5. The van der Waals surface area contributed by atoms with E-state index in [4.69, 9.17) is 26.8 Å². The summed E-state index contributed by atoms with van der Waals surface area (Å²) in [6.45, 7) is 8.19. The lowest BCUT2D eigenvalue weighted by Crippen LogP contribution is -2.50. The molecule has 4 N–H and O–H groups in total. The Hall–Kier alpha value is -1.29. The van der Waals surface area contributed by atoms with Gasteiger partial charge in [-0.1, -0.05) is 0 Å². The third-order valence-electron chi connectivity index (χ3n) is 3.75. The zero-order valence-electron chi connectivity index (χ0n) is 14.8. The van der Waals surface area contributed by atoms with Crippen LogP contribution in [-0.4, -0.2) is 43.9 Å². The van der Waals surface area contributed by atoms with Crippen LogP contribution in [0.25, 0.3) is 11.0 Å². The number of fused-ring (bicyclic) bond motifs is 1. The molecule has 3 rings (SSSR count). The van der Waals surface area contributed by atoms with E-state index in [1.54, 1.807) is 13.1 Å². The van der Waals surface area contributed by atoms with Gasteiger partial charge in [0.05, 0.1) is 11.3 Å². The Morgan fingerprint density at radius 2 is 2.12 bits per heavy atom. The Balaban J connectivity index is 1.77. The van der Waals surface area contributed by atoms with Gasteiger partial charge in [-0.3, -0.25) is 5.32 Å². The molecule has 3 atom stereocenters. The molecule has 25 heavy (non-hydrogen) atoms. The Labute approximate surface area is 151 Å². The van der Waals surface area contributed by atoms with Crippen molar-refractivity contribution < 1.29 is 14.6 Å². The number of aliphatic hydroxyl groups is 1. The third-order valence-corrected chi connectivity index (χ3v) is 3.93. The van der Waals surface area contributed by atoms with E-state index in [1.807, 2.05) is 31.4 Å². The minimum atomic E-state index is -1.44. The van der Waals surface area contributed by atoms with Crippen molar-refractivity contribution in [1.29, 1.82) is 0 Å². The molecule has 0 aromatic carbocycles. The minimum Gasteiger partial charge on any atom is -0.353 e. The summed E-state index contributed by atoms with van der Waals surface area (Å²) in [5.41, 5.74) is 6.96. The van der Waals surface area contributed by atoms with Crippen molar-refractivity contribution in [2.75, 3.05) is 6.54 Å². The van der Waals surface area contributed by atoms with Crippen LogP contribution in [0, 0.1) is 0 Å². The Kier molecular flexibility index (Phi) is 4.78. The Bertz CT molecular complexity index is 771. The van der Waals surface area contributed by atoms with E-state index >= 15 is 0 Å². The summed E-state index contributed by atoms with van der Waals surface area (Å²) in [7, 11) is 0. The highest BCUT2D eigenvalue weighted by Crippen LogP contribution is 2.37. The molecule has 1 aliphatic heterocycles. The molecule has 0 amide bonds. The summed E-state index contributed by atoms with van der Waals surface area (Å²) in [4.78, 5) is 8.32. The maximum Gasteiger partial charge on any atom is 0.224 e. The molecular formula is C16H24ClN5O3. The number of hydrogen-bond donors (Lipinski definition) is 3. The SMILES string of the molecule is CC(C)(C)OC(C)(O)NCCn1c(C2OC2N)cc2cnc(Cl)nc21. The number of epoxide rings is 1. The van der Waals surface area contributed by atoms with Gasteiger partial charge in [0, 0.05) is 31.6 Å². The van der Waals surface area contributed by atoms with Gasteiger partial charge in [0.15, 0.2) is 0 Å². The first-order chi connectivity index (χ1) is 11.6. The average Bonchev–Trinajstić information content (AvgIpc) is 3.06. The number of rotatable bonds is 6. The summed E-state index contributed by atoms with van der Waals surface area (Å²) in [5, 5.41) is 14.4. The monoisotopic (exact) mass is 369 g/mol. The van der Waals surface area contributed by atoms with Gasteiger partial charge in [-0.2, -0.15) is 4.98 Å². The quantitative estimate of drug-likeness (QED) is 0.402. The van der Waals surface area contributed by atoms with Crippen LogP contribution in [0.15, 0.2) is 12.3 Å². The summed E-state index contributed by atoms with van der Waals surface area (Å²) in [6, 6.07) is 1.95. The van der Waals surface area contributed by atoms with Crippen LogP contribution in [0.3, 0.4) is 0 Å². The minimum absolute atomic E-state index is 0.167. The predicted molar refractivity (Wildman–Crippen MR) is 93.8 cm³/mol. The lowest BCUT2D eigenvalue weighted by molar-refractivity contribution is -0.259. The standard InChI is InChI=1S/C16H24ClN5O3/c1-15(2,3)25-16(4,23)20-5-6-22-10(11-12(18)24-11)7-9-8-19-14(17)21-13(9)22/h7-8,11-12,20,23H,5-6,18H2,1-4H3. The number of nitrogens with one attached hydrogen (secondary N) is 1. The number of nitrogens with zero attached hydrogens (tertiary/aromatic N) is 3. The number of ether oxygens (including phenoxy) is 2. The highest BCUT2D eigenvalue weighted by molar-refractivity contribution is 6.28. The first kappa shape index (κ1) is 18.5. The van der Waals surface area contributed by atoms with Gasteiger partial charge in [0.25, 0.3) is 0 Å². The van der Waals surface area contributed by atoms with Crippen LogP contribution >= 0.6 is 11.6 Å². The van der Waals surface area contributed by atoms with Crippen molar-refractivity contribution in [1.82, 2.24) is 19.9 Å². The number of hydrogen-bond acceptors (Lipinski definition) is 7. The molecule has 0 saturated carbocycles. The second kappa shape index (κ2) is 6.46. The van der Waals surface area contributed by atoms with Gasteiger partial charge >= 0.3 is 0 Å². The van der Waals surface area contributed by atoms with Crippen molar-refractivity contribution in [2.45, 2.75) is 58.1 Å². The summed E-state index contributed by atoms with van der Waals surface area (Å²) in [5.74, 6) is -1.44. The van der Waals surface area contributed by atoms with Crippen LogP contribution in [0.2, 0.25) is 5.28 Å². The molecule has 3 unspecified atom stereocenters. The number of aromatic nitrogens is 3. The van der Waals surface area contributed by atoms with Crippen molar-refractivity contribution in [3.05, 3.63) is 23.2 Å².